The molecule has 6 atom stereocenters. The van der Waals surface area contributed by atoms with Gasteiger partial charge >= 0.3 is 0 Å². The average Bonchev–Trinajstić information content (AvgIpc) is 3.18. The molecule has 3 saturated carbocycles. The average molecular weight is 308 g/mol. The third-order valence-electron chi connectivity index (χ3n) is 8.07. The maximum atomic E-state index is 6.67. The first-order valence-electron chi connectivity index (χ1n) is 9.17. The molecule has 3 heteroatoms. The lowest BCUT2D eigenvalue weighted by atomic mass is 9.44. The van der Waals surface area contributed by atoms with E-state index >= 15 is 0 Å². The van der Waals surface area contributed by atoms with Gasteiger partial charge in [0.1, 0.15) is 5.60 Å². The molecular weight excluding hydrogens is 276 g/mol. The van der Waals surface area contributed by atoms with Crippen molar-refractivity contribution in [3.8, 4) is 0 Å². The third kappa shape index (κ3) is 1.68. The lowest BCUT2D eigenvalue weighted by Gasteiger charge is -2.59. The van der Waals surface area contributed by atoms with Crippen LogP contribution in [0.4, 0.5) is 0 Å². The van der Waals surface area contributed by atoms with Crippen LogP contribution in [0.1, 0.15) is 65.2 Å². The normalized spacial score (nSPS) is 56.7. The van der Waals surface area contributed by atoms with Gasteiger partial charge in [-0.15, -0.1) is 0 Å². The Morgan fingerprint density at radius 1 is 1.05 bits per heavy atom. The van der Waals surface area contributed by atoms with Gasteiger partial charge in [0.25, 0.3) is 0 Å². The summed E-state index contributed by atoms with van der Waals surface area (Å²) in [6, 6.07) is 0. The van der Waals surface area contributed by atoms with Crippen LogP contribution in [0, 0.1) is 16.7 Å². The summed E-state index contributed by atoms with van der Waals surface area (Å²) < 4.78 is 18.1. The minimum absolute atomic E-state index is 0.0945. The molecule has 3 nitrogen and oxygen atoms in total. The first kappa shape index (κ1) is 15.4. The number of epoxide rings is 1. The number of methoxy groups -OCH3 is 2. The van der Waals surface area contributed by atoms with Crippen LogP contribution in [0.5, 0.6) is 0 Å². The van der Waals surface area contributed by atoms with Gasteiger partial charge in [-0.2, -0.15) is 0 Å². The van der Waals surface area contributed by atoms with Gasteiger partial charge in [-0.1, -0.05) is 20.3 Å². The molecule has 0 aromatic heterocycles. The molecule has 1 aliphatic heterocycles. The van der Waals surface area contributed by atoms with E-state index in [0.29, 0.717) is 16.9 Å². The van der Waals surface area contributed by atoms with Crippen LogP contribution < -0.4 is 0 Å². The number of rotatable bonds is 3. The smallest absolute Gasteiger partial charge is 0.106 e. The van der Waals surface area contributed by atoms with Crippen molar-refractivity contribution < 1.29 is 14.2 Å². The molecule has 0 amide bonds. The van der Waals surface area contributed by atoms with Crippen LogP contribution in [0.2, 0.25) is 0 Å². The van der Waals surface area contributed by atoms with Crippen molar-refractivity contribution in [3.05, 3.63) is 0 Å². The number of hydrogen-bond donors (Lipinski definition) is 0. The van der Waals surface area contributed by atoms with Crippen molar-refractivity contribution in [1.82, 2.24) is 0 Å². The lowest BCUT2D eigenvalue weighted by Crippen LogP contribution is -2.60. The van der Waals surface area contributed by atoms with E-state index in [1.54, 1.807) is 0 Å². The minimum atomic E-state index is 0.0945. The van der Waals surface area contributed by atoms with E-state index in [-0.39, 0.29) is 11.2 Å². The fourth-order valence-corrected chi connectivity index (χ4v) is 7.06. The van der Waals surface area contributed by atoms with Gasteiger partial charge in [0, 0.05) is 26.1 Å². The zero-order valence-electron chi connectivity index (χ0n) is 14.7. The Morgan fingerprint density at radius 3 is 2.55 bits per heavy atom. The second-order valence-corrected chi connectivity index (χ2v) is 8.97. The SMILES string of the molecule is COCC1(C)CCCC2(C)C1CCC13CCC(OC)CC12O3. The molecular formula is C19H32O3. The Balaban J connectivity index is 1.70. The summed E-state index contributed by atoms with van der Waals surface area (Å²) >= 11 is 0. The first-order chi connectivity index (χ1) is 10.5. The molecule has 4 rings (SSSR count). The molecule has 0 N–H and O–H groups in total. The van der Waals surface area contributed by atoms with E-state index in [1.165, 1.54) is 44.9 Å². The monoisotopic (exact) mass is 308 g/mol. The second-order valence-electron chi connectivity index (χ2n) is 8.97. The van der Waals surface area contributed by atoms with E-state index in [4.69, 9.17) is 14.2 Å². The van der Waals surface area contributed by atoms with Gasteiger partial charge in [-0.3, -0.25) is 0 Å². The molecule has 0 aromatic rings. The molecule has 4 fully saturated rings. The fraction of sp³-hybridized carbons (Fsp3) is 1.00. The summed E-state index contributed by atoms with van der Waals surface area (Å²) in [6.45, 7) is 5.88. The lowest BCUT2D eigenvalue weighted by molar-refractivity contribution is -0.120. The van der Waals surface area contributed by atoms with E-state index in [0.717, 1.165) is 18.9 Å². The molecule has 22 heavy (non-hydrogen) atoms. The Labute approximate surface area is 135 Å². The summed E-state index contributed by atoms with van der Waals surface area (Å²) in [7, 11) is 3.73. The van der Waals surface area contributed by atoms with Crippen molar-refractivity contribution in [2.24, 2.45) is 16.7 Å². The molecule has 0 radical (unpaired) electrons. The van der Waals surface area contributed by atoms with Crippen LogP contribution in [0.25, 0.3) is 0 Å². The fourth-order valence-electron chi connectivity index (χ4n) is 7.06. The third-order valence-corrected chi connectivity index (χ3v) is 8.07. The molecule has 126 valence electrons. The summed E-state index contributed by atoms with van der Waals surface area (Å²) in [5.41, 5.74) is 0.901. The zero-order valence-corrected chi connectivity index (χ0v) is 14.7. The van der Waals surface area contributed by atoms with Crippen molar-refractivity contribution in [3.63, 3.8) is 0 Å². The highest BCUT2D eigenvalue weighted by atomic mass is 16.6. The molecule has 0 bridgehead atoms. The highest BCUT2D eigenvalue weighted by Crippen LogP contribution is 2.77. The van der Waals surface area contributed by atoms with E-state index in [1.807, 2.05) is 14.2 Å². The largest absolute Gasteiger partial charge is 0.384 e. The quantitative estimate of drug-likeness (QED) is 0.740. The predicted octanol–water partition coefficient (Wildman–Crippen LogP) is 3.95. The van der Waals surface area contributed by atoms with Crippen molar-refractivity contribution in [2.45, 2.75) is 82.5 Å². The van der Waals surface area contributed by atoms with Crippen LogP contribution in [-0.2, 0) is 14.2 Å². The maximum Gasteiger partial charge on any atom is 0.106 e. The van der Waals surface area contributed by atoms with Crippen LogP contribution in [0.3, 0.4) is 0 Å². The van der Waals surface area contributed by atoms with Gasteiger partial charge in [-0.05, 0) is 49.9 Å². The van der Waals surface area contributed by atoms with Crippen molar-refractivity contribution in [2.75, 3.05) is 20.8 Å². The Hall–Kier alpha value is -0.120. The summed E-state index contributed by atoms with van der Waals surface area (Å²) in [5.74, 6) is 0.722. The minimum Gasteiger partial charge on any atom is -0.384 e. The predicted molar refractivity (Wildman–Crippen MR) is 85.9 cm³/mol. The summed E-state index contributed by atoms with van der Waals surface area (Å²) in [5, 5.41) is 0. The van der Waals surface area contributed by atoms with Crippen molar-refractivity contribution >= 4 is 0 Å². The summed E-state index contributed by atoms with van der Waals surface area (Å²) in [4.78, 5) is 0. The molecule has 1 saturated heterocycles. The Morgan fingerprint density at radius 2 is 1.82 bits per heavy atom. The van der Waals surface area contributed by atoms with E-state index in [9.17, 15) is 0 Å². The standard InChI is InChI=1S/C19H32O3/c1-16(13-20-3)8-5-9-17(2)15(16)7-11-18-10-6-14(21-4)12-19(17,18)22-18/h14-15H,5-13H2,1-4H3. The molecule has 3 aliphatic carbocycles. The number of ether oxygens (including phenoxy) is 3. The number of hydrogen-bond acceptors (Lipinski definition) is 3. The first-order valence-corrected chi connectivity index (χ1v) is 9.17. The summed E-state index contributed by atoms with van der Waals surface area (Å²) in [6.07, 6.45) is 10.4. The highest BCUT2D eigenvalue weighted by Gasteiger charge is 2.82. The van der Waals surface area contributed by atoms with Gasteiger partial charge in [-0.25, -0.2) is 0 Å². The van der Waals surface area contributed by atoms with E-state index < -0.39 is 0 Å². The number of fused-ring (bicyclic) bond motifs is 1. The molecule has 0 spiro atoms. The molecule has 6 unspecified atom stereocenters. The van der Waals surface area contributed by atoms with Crippen LogP contribution >= 0.6 is 0 Å². The van der Waals surface area contributed by atoms with E-state index in [2.05, 4.69) is 13.8 Å². The van der Waals surface area contributed by atoms with Crippen LogP contribution in [-0.4, -0.2) is 38.1 Å². The maximum absolute atomic E-state index is 6.67. The molecule has 1 heterocycles. The molecule has 4 aliphatic rings. The van der Waals surface area contributed by atoms with Crippen molar-refractivity contribution in [1.29, 1.82) is 0 Å². The zero-order chi connectivity index (χ0) is 15.6. The van der Waals surface area contributed by atoms with Gasteiger partial charge in [0.15, 0.2) is 0 Å². The Bertz CT molecular complexity index is 462. The topological polar surface area (TPSA) is 31.0 Å². The second kappa shape index (κ2) is 4.70. The highest BCUT2D eigenvalue weighted by molar-refractivity contribution is 5.30. The Kier molecular flexibility index (Phi) is 3.30. The van der Waals surface area contributed by atoms with Crippen LogP contribution in [0.15, 0.2) is 0 Å². The molecule has 0 aromatic carbocycles. The van der Waals surface area contributed by atoms with Gasteiger partial charge in [0.05, 0.1) is 18.3 Å². The van der Waals surface area contributed by atoms with Gasteiger partial charge < -0.3 is 14.2 Å². The van der Waals surface area contributed by atoms with Gasteiger partial charge in [0.2, 0.25) is 0 Å².